The summed E-state index contributed by atoms with van der Waals surface area (Å²) < 4.78 is 0. The topological polar surface area (TPSA) is 221 Å². The number of aliphatic carboxylic acids is 1. The maximum atomic E-state index is 13.4. The van der Waals surface area contributed by atoms with Gasteiger partial charge in [-0.25, -0.2) is 9.59 Å². The number of nitrogens with two attached hydrogens (primary N) is 1. The molecule has 48 heavy (non-hydrogen) atoms. The SMILES string of the molecule is CC(C)[C@H](NC(=O)CCC(C)(C)C)C(=O)N[C@@H](CCCNC(N)=O)C(=O)N[C@@H](CCCCNC(=O)[C@@H]1CCCC1NC(C)(C)C)C(=O)O. The number of carboxylic acid groups (broad SMARTS) is 1. The van der Waals surface area contributed by atoms with Crippen LogP contribution in [-0.4, -0.2) is 83.5 Å². The zero-order chi connectivity index (χ0) is 36.7. The normalized spacial score (nSPS) is 18.4. The number of urea groups is 1. The Hall–Kier alpha value is -3.42. The van der Waals surface area contributed by atoms with Gasteiger partial charge in [0.15, 0.2) is 0 Å². The van der Waals surface area contributed by atoms with E-state index in [1.807, 2.05) is 20.8 Å². The molecule has 1 saturated carbocycles. The molecular weight excluding hydrogens is 618 g/mol. The Labute approximate surface area is 286 Å². The molecule has 6 amide bonds. The Balaban J connectivity index is 2.80. The van der Waals surface area contributed by atoms with Gasteiger partial charge in [-0.2, -0.15) is 0 Å². The zero-order valence-electron chi connectivity index (χ0n) is 30.4. The van der Waals surface area contributed by atoms with Crippen molar-refractivity contribution in [1.29, 1.82) is 0 Å². The van der Waals surface area contributed by atoms with Gasteiger partial charge < -0.3 is 42.7 Å². The number of carboxylic acids is 1. The van der Waals surface area contributed by atoms with Gasteiger partial charge in [0.05, 0.1) is 5.92 Å². The molecule has 276 valence electrons. The first-order valence-electron chi connectivity index (χ1n) is 17.4. The smallest absolute Gasteiger partial charge is 0.326 e. The Bertz CT molecular complexity index is 1080. The molecule has 9 N–H and O–H groups in total. The summed E-state index contributed by atoms with van der Waals surface area (Å²) >= 11 is 0. The molecule has 5 atom stereocenters. The lowest BCUT2D eigenvalue weighted by molar-refractivity contribution is -0.142. The molecule has 0 aromatic carbocycles. The fourth-order valence-corrected chi connectivity index (χ4v) is 5.67. The van der Waals surface area contributed by atoms with Gasteiger partial charge in [-0.1, -0.05) is 41.0 Å². The maximum Gasteiger partial charge on any atom is 0.326 e. The molecular formula is C34H63N7O7. The number of unbranched alkanes of at least 4 members (excludes halogenated alkanes) is 1. The highest BCUT2D eigenvalue weighted by Gasteiger charge is 2.35. The van der Waals surface area contributed by atoms with Crippen molar-refractivity contribution >= 4 is 35.6 Å². The van der Waals surface area contributed by atoms with Crippen LogP contribution in [0.25, 0.3) is 0 Å². The van der Waals surface area contributed by atoms with Crippen molar-refractivity contribution in [2.45, 2.75) is 149 Å². The van der Waals surface area contributed by atoms with Crippen LogP contribution in [0.3, 0.4) is 0 Å². The molecule has 0 spiro atoms. The molecule has 0 bridgehead atoms. The van der Waals surface area contributed by atoms with E-state index in [4.69, 9.17) is 5.73 Å². The third-order valence-electron chi connectivity index (χ3n) is 8.27. The lowest BCUT2D eigenvalue weighted by Gasteiger charge is -2.29. The summed E-state index contributed by atoms with van der Waals surface area (Å²) in [7, 11) is 0. The third kappa shape index (κ3) is 17.7. The molecule has 1 fully saturated rings. The van der Waals surface area contributed by atoms with Gasteiger partial charge in [-0.15, -0.1) is 0 Å². The van der Waals surface area contributed by atoms with Crippen LogP contribution in [-0.2, 0) is 24.0 Å². The standard InChI is InChI=1S/C34H63N7O7/c1-21(2)27(40-26(42)17-18-33(3,4)5)30(45)38-24(16-12-20-37-32(35)48)29(44)39-25(31(46)47)14-9-10-19-36-28(43)22-13-11-15-23(22)41-34(6,7)8/h21-25,27,41H,9-20H2,1-8H3,(H,36,43)(H,38,45)(H,39,44)(H,40,42)(H,46,47)(H3,35,37,48)/t22-,23?,24+,25+,27+/m1/s1. The van der Waals surface area contributed by atoms with Crippen LogP contribution in [0.4, 0.5) is 4.79 Å². The number of carbonyl (C=O) groups is 6. The van der Waals surface area contributed by atoms with E-state index < -0.39 is 41.9 Å². The minimum Gasteiger partial charge on any atom is -0.480 e. The largest absolute Gasteiger partial charge is 0.480 e. The Morgan fingerprint density at radius 3 is 1.96 bits per heavy atom. The Morgan fingerprint density at radius 2 is 1.40 bits per heavy atom. The van der Waals surface area contributed by atoms with E-state index in [-0.39, 0.29) is 72.9 Å². The predicted molar refractivity (Wildman–Crippen MR) is 185 cm³/mol. The first-order valence-corrected chi connectivity index (χ1v) is 17.4. The van der Waals surface area contributed by atoms with Crippen molar-refractivity contribution in [3.05, 3.63) is 0 Å². The van der Waals surface area contributed by atoms with Crippen molar-refractivity contribution < 1.29 is 33.9 Å². The number of amides is 6. The summed E-state index contributed by atoms with van der Waals surface area (Å²) in [6.07, 6.45) is 5.07. The van der Waals surface area contributed by atoms with Crippen LogP contribution in [0.1, 0.15) is 120 Å². The first-order chi connectivity index (χ1) is 22.2. The van der Waals surface area contributed by atoms with Crippen LogP contribution < -0.4 is 37.6 Å². The van der Waals surface area contributed by atoms with Crippen molar-refractivity contribution in [2.24, 2.45) is 23.0 Å². The Kier molecular flexibility index (Phi) is 17.9. The molecule has 0 heterocycles. The van der Waals surface area contributed by atoms with Gasteiger partial charge in [0.2, 0.25) is 23.6 Å². The molecule has 1 aliphatic rings. The van der Waals surface area contributed by atoms with Crippen molar-refractivity contribution in [2.75, 3.05) is 13.1 Å². The molecule has 1 rings (SSSR count). The summed E-state index contributed by atoms with van der Waals surface area (Å²) in [5.41, 5.74) is 4.98. The lowest BCUT2D eigenvalue weighted by atomic mass is 9.90. The summed E-state index contributed by atoms with van der Waals surface area (Å²) in [4.78, 5) is 75.3. The van der Waals surface area contributed by atoms with Crippen LogP contribution >= 0.6 is 0 Å². The quantitative estimate of drug-likeness (QED) is 0.0889. The van der Waals surface area contributed by atoms with Gasteiger partial charge in [0.25, 0.3) is 0 Å². The van der Waals surface area contributed by atoms with Crippen LogP contribution in [0, 0.1) is 17.3 Å². The fourth-order valence-electron chi connectivity index (χ4n) is 5.67. The second-order valence-corrected chi connectivity index (χ2v) is 15.6. The van der Waals surface area contributed by atoms with E-state index in [0.717, 1.165) is 19.3 Å². The van der Waals surface area contributed by atoms with E-state index in [2.05, 4.69) is 52.7 Å². The van der Waals surface area contributed by atoms with Gasteiger partial charge in [0.1, 0.15) is 18.1 Å². The van der Waals surface area contributed by atoms with E-state index in [1.54, 1.807) is 13.8 Å². The van der Waals surface area contributed by atoms with E-state index >= 15 is 0 Å². The maximum absolute atomic E-state index is 13.4. The van der Waals surface area contributed by atoms with Gasteiger partial charge in [-0.05, 0) is 83.5 Å². The second-order valence-electron chi connectivity index (χ2n) is 15.6. The fraction of sp³-hybridized carbons (Fsp3) is 0.824. The van der Waals surface area contributed by atoms with Crippen molar-refractivity contribution in [3.63, 3.8) is 0 Å². The van der Waals surface area contributed by atoms with Gasteiger partial charge in [0, 0.05) is 31.1 Å². The zero-order valence-corrected chi connectivity index (χ0v) is 30.4. The minimum absolute atomic E-state index is 0.00756. The molecule has 0 aliphatic heterocycles. The average molecular weight is 682 g/mol. The second kappa shape index (κ2) is 20.2. The minimum atomic E-state index is -1.22. The molecule has 1 aliphatic carbocycles. The number of carbonyl (C=O) groups excluding carboxylic acids is 5. The molecule has 0 aromatic rings. The van der Waals surface area contributed by atoms with E-state index in [9.17, 15) is 33.9 Å². The highest BCUT2D eigenvalue weighted by Crippen LogP contribution is 2.27. The third-order valence-corrected chi connectivity index (χ3v) is 8.27. The van der Waals surface area contributed by atoms with Gasteiger partial charge in [-0.3, -0.25) is 19.2 Å². The highest BCUT2D eigenvalue weighted by molar-refractivity contribution is 5.93. The number of hydrogen-bond acceptors (Lipinski definition) is 7. The van der Waals surface area contributed by atoms with Crippen molar-refractivity contribution in [3.8, 4) is 0 Å². The number of rotatable bonds is 20. The van der Waals surface area contributed by atoms with E-state index in [0.29, 0.717) is 25.8 Å². The molecule has 0 saturated heterocycles. The number of hydrogen-bond donors (Lipinski definition) is 8. The monoisotopic (exact) mass is 681 g/mol. The number of nitrogens with one attached hydrogen (secondary N) is 6. The highest BCUT2D eigenvalue weighted by atomic mass is 16.4. The van der Waals surface area contributed by atoms with Gasteiger partial charge >= 0.3 is 12.0 Å². The molecule has 14 nitrogen and oxygen atoms in total. The van der Waals surface area contributed by atoms with Crippen LogP contribution in [0.5, 0.6) is 0 Å². The molecule has 0 aromatic heterocycles. The Morgan fingerprint density at radius 1 is 0.792 bits per heavy atom. The summed E-state index contributed by atoms with van der Waals surface area (Å²) in [5, 5.41) is 26.8. The van der Waals surface area contributed by atoms with Crippen LogP contribution in [0.15, 0.2) is 0 Å². The molecule has 0 radical (unpaired) electrons. The lowest BCUT2D eigenvalue weighted by Crippen LogP contribution is -2.57. The summed E-state index contributed by atoms with van der Waals surface area (Å²) in [6.45, 7) is 16.4. The van der Waals surface area contributed by atoms with Crippen LogP contribution in [0.2, 0.25) is 0 Å². The summed E-state index contributed by atoms with van der Waals surface area (Å²) in [6, 6.07) is -3.86. The van der Waals surface area contributed by atoms with E-state index in [1.165, 1.54) is 0 Å². The summed E-state index contributed by atoms with van der Waals surface area (Å²) in [5.74, 6) is -3.16. The molecule has 1 unspecified atom stereocenters. The average Bonchev–Trinajstić information content (AvgIpc) is 3.41. The molecule has 14 heteroatoms. The number of primary amides is 1. The predicted octanol–water partition coefficient (Wildman–Crippen LogP) is 2.30. The first kappa shape index (κ1) is 42.6. The van der Waals surface area contributed by atoms with Crippen molar-refractivity contribution in [1.82, 2.24) is 31.9 Å².